The first-order valence-corrected chi connectivity index (χ1v) is 7.33. The lowest BCUT2D eigenvalue weighted by Crippen LogP contribution is -2.45. The van der Waals surface area contributed by atoms with E-state index >= 15 is 0 Å². The molecule has 1 amide bonds. The minimum atomic E-state index is -0.193. The van der Waals surface area contributed by atoms with Gasteiger partial charge in [0.15, 0.2) is 0 Å². The van der Waals surface area contributed by atoms with Gasteiger partial charge < -0.3 is 10.2 Å². The van der Waals surface area contributed by atoms with Gasteiger partial charge in [-0.05, 0) is 30.5 Å². The van der Waals surface area contributed by atoms with Crippen molar-refractivity contribution in [3.05, 3.63) is 35.6 Å². The van der Waals surface area contributed by atoms with Crippen molar-refractivity contribution in [2.24, 2.45) is 5.92 Å². The van der Waals surface area contributed by atoms with Gasteiger partial charge in [0, 0.05) is 31.6 Å². The smallest absolute Gasteiger partial charge is 0.225 e. The lowest BCUT2D eigenvalue weighted by molar-refractivity contribution is -0.135. The van der Waals surface area contributed by atoms with E-state index in [9.17, 15) is 9.18 Å². The van der Waals surface area contributed by atoms with E-state index in [2.05, 4.69) is 5.32 Å². The van der Waals surface area contributed by atoms with E-state index in [4.69, 9.17) is 0 Å². The Labute approximate surface area is 120 Å². The van der Waals surface area contributed by atoms with Crippen LogP contribution in [0.4, 0.5) is 4.39 Å². The van der Waals surface area contributed by atoms with Crippen molar-refractivity contribution in [3.63, 3.8) is 0 Å². The van der Waals surface area contributed by atoms with Crippen LogP contribution in [-0.2, 0) is 11.3 Å². The summed E-state index contributed by atoms with van der Waals surface area (Å²) in [6.45, 7) is 6.20. The number of nitrogens with zero attached hydrogens (tertiary/aromatic N) is 1. The topological polar surface area (TPSA) is 32.3 Å². The Kier molecular flexibility index (Phi) is 5.12. The molecule has 1 aliphatic rings. The molecule has 1 aliphatic heterocycles. The summed E-state index contributed by atoms with van der Waals surface area (Å²) >= 11 is 0. The van der Waals surface area contributed by atoms with Crippen LogP contribution < -0.4 is 5.32 Å². The molecule has 20 heavy (non-hydrogen) atoms. The number of carbonyl (C=O) groups excluding carboxylic acids is 1. The summed E-state index contributed by atoms with van der Waals surface area (Å²) in [6, 6.07) is 7.09. The molecule has 0 bridgehead atoms. The highest BCUT2D eigenvalue weighted by atomic mass is 19.1. The Morgan fingerprint density at radius 2 is 2.10 bits per heavy atom. The summed E-state index contributed by atoms with van der Waals surface area (Å²) < 4.78 is 13.1. The number of rotatable bonds is 4. The maximum Gasteiger partial charge on any atom is 0.225 e. The van der Waals surface area contributed by atoms with Gasteiger partial charge in [0.25, 0.3) is 0 Å². The van der Waals surface area contributed by atoms with E-state index < -0.39 is 0 Å². The number of hydrogen-bond acceptors (Lipinski definition) is 2. The molecule has 0 radical (unpaired) electrons. The minimum Gasteiger partial charge on any atom is -0.342 e. The van der Waals surface area contributed by atoms with Gasteiger partial charge in [0.2, 0.25) is 5.91 Å². The standard InChI is InChI=1S/C16H23FN2O/c1-12(2)16(20)19-8-6-15(7-9-19)18-11-13-4-3-5-14(17)10-13/h3-5,10,12,15,18H,6-9,11H2,1-2H3. The van der Waals surface area contributed by atoms with Crippen molar-refractivity contribution in [2.75, 3.05) is 13.1 Å². The van der Waals surface area contributed by atoms with Crippen LogP contribution in [0.3, 0.4) is 0 Å². The van der Waals surface area contributed by atoms with Gasteiger partial charge in [0.05, 0.1) is 0 Å². The molecule has 110 valence electrons. The third-order valence-electron chi connectivity index (χ3n) is 3.78. The Hall–Kier alpha value is -1.42. The molecule has 0 unspecified atom stereocenters. The molecule has 0 saturated carbocycles. The second-order valence-corrected chi connectivity index (χ2v) is 5.77. The summed E-state index contributed by atoms with van der Waals surface area (Å²) in [5, 5.41) is 3.45. The van der Waals surface area contributed by atoms with Gasteiger partial charge in [-0.1, -0.05) is 26.0 Å². The van der Waals surface area contributed by atoms with Gasteiger partial charge in [-0.2, -0.15) is 0 Å². The molecule has 1 fully saturated rings. The molecular formula is C16H23FN2O. The molecule has 1 aromatic rings. The summed E-state index contributed by atoms with van der Waals surface area (Å²) in [6.07, 6.45) is 1.93. The maximum atomic E-state index is 13.1. The number of carbonyl (C=O) groups is 1. The van der Waals surface area contributed by atoms with Crippen LogP contribution in [0.2, 0.25) is 0 Å². The summed E-state index contributed by atoms with van der Waals surface area (Å²) in [5.74, 6) is 0.127. The van der Waals surface area contributed by atoms with Crippen LogP contribution in [-0.4, -0.2) is 29.9 Å². The number of halogens is 1. The minimum absolute atomic E-state index is 0.0757. The van der Waals surface area contributed by atoms with Crippen molar-refractivity contribution < 1.29 is 9.18 Å². The molecule has 3 nitrogen and oxygen atoms in total. The summed E-state index contributed by atoms with van der Waals surface area (Å²) in [7, 11) is 0. The predicted molar refractivity (Wildman–Crippen MR) is 77.7 cm³/mol. The maximum absolute atomic E-state index is 13.1. The molecule has 1 heterocycles. The fourth-order valence-electron chi connectivity index (χ4n) is 2.58. The van der Waals surface area contributed by atoms with Gasteiger partial charge >= 0.3 is 0 Å². The second-order valence-electron chi connectivity index (χ2n) is 5.77. The average molecular weight is 278 g/mol. The van der Waals surface area contributed by atoms with Crippen LogP contribution in [0.25, 0.3) is 0 Å². The van der Waals surface area contributed by atoms with Gasteiger partial charge in [-0.25, -0.2) is 4.39 Å². The SMILES string of the molecule is CC(C)C(=O)N1CCC(NCc2cccc(F)c2)CC1. The Morgan fingerprint density at radius 1 is 1.40 bits per heavy atom. The van der Waals surface area contributed by atoms with Crippen molar-refractivity contribution in [2.45, 2.75) is 39.3 Å². The molecule has 1 aromatic carbocycles. The van der Waals surface area contributed by atoms with Crippen LogP contribution in [0.15, 0.2) is 24.3 Å². The Balaban J connectivity index is 1.76. The molecule has 0 atom stereocenters. The van der Waals surface area contributed by atoms with Gasteiger partial charge in [0.1, 0.15) is 5.82 Å². The number of likely N-dealkylation sites (tertiary alicyclic amines) is 1. The van der Waals surface area contributed by atoms with Crippen LogP contribution >= 0.6 is 0 Å². The molecule has 4 heteroatoms. The Morgan fingerprint density at radius 3 is 2.70 bits per heavy atom. The molecule has 1 N–H and O–H groups in total. The number of nitrogens with one attached hydrogen (secondary N) is 1. The third kappa shape index (κ3) is 4.04. The second kappa shape index (κ2) is 6.84. The largest absolute Gasteiger partial charge is 0.342 e. The zero-order valence-electron chi connectivity index (χ0n) is 12.2. The van der Waals surface area contributed by atoms with Crippen molar-refractivity contribution >= 4 is 5.91 Å². The zero-order valence-corrected chi connectivity index (χ0v) is 12.2. The molecule has 0 aromatic heterocycles. The molecule has 2 rings (SSSR count). The van der Waals surface area contributed by atoms with Crippen molar-refractivity contribution in [1.82, 2.24) is 10.2 Å². The first-order valence-electron chi connectivity index (χ1n) is 7.33. The number of hydrogen-bond donors (Lipinski definition) is 1. The summed E-state index contributed by atoms with van der Waals surface area (Å²) in [5.41, 5.74) is 0.964. The van der Waals surface area contributed by atoms with E-state index in [-0.39, 0.29) is 17.6 Å². The van der Waals surface area contributed by atoms with Crippen molar-refractivity contribution in [3.8, 4) is 0 Å². The number of piperidine rings is 1. The highest BCUT2D eigenvalue weighted by Gasteiger charge is 2.23. The van der Waals surface area contributed by atoms with E-state index in [1.165, 1.54) is 6.07 Å². The quantitative estimate of drug-likeness (QED) is 0.918. The van der Waals surface area contributed by atoms with Crippen LogP contribution in [0.5, 0.6) is 0 Å². The normalized spacial score (nSPS) is 16.7. The lowest BCUT2D eigenvalue weighted by Gasteiger charge is -2.33. The van der Waals surface area contributed by atoms with Crippen molar-refractivity contribution in [1.29, 1.82) is 0 Å². The lowest BCUT2D eigenvalue weighted by atomic mass is 10.0. The average Bonchev–Trinajstić information content (AvgIpc) is 2.45. The number of amides is 1. The van der Waals surface area contributed by atoms with E-state index in [0.717, 1.165) is 31.5 Å². The first-order chi connectivity index (χ1) is 9.56. The monoisotopic (exact) mass is 278 g/mol. The highest BCUT2D eigenvalue weighted by molar-refractivity contribution is 5.78. The van der Waals surface area contributed by atoms with E-state index in [0.29, 0.717) is 12.6 Å². The van der Waals surface area contributed by atoms with Crippen LogP contribution in [0.1, 0.15) is 32.3 Å². The third-order valence-corrected chi connectivity index (χ3v) is 3.78. The van der Waals surface area contributed by atoms with Crippen LogP contribution in [0, 0.1) is 11.7 Å². The summed E-state index contributed by atoms with van der Waals surface area (Å²) in [4.78, 5) is 13.8. The van der Waals surface area contributed by atoms with E-state index in [1.807, 2.05) is 24.8 Å². The zero-order chi connectivity index (χ0) is 14.5. The highest BCUT2D eigenvalue weighted by Crippen LogP contribution is 2.14. The molecular weight excluding hydrogens is 255 g/mol. The van der Waals surface area contributed by atoms with Gasteiger partial charge in [-0.15, -0.1) is 0 Å². The fourth-order valence-corrected chi connectivity index (χ4v) is 2.58. The molecule has 1 saturated heterocycles. The molecule has 0 spiro atoms. The predicted octanol–water partition coefficient (Wildman–Crippen LogP) is 2.56. The first kappa shape index (κ1) is 15.0. The fraction of sp³-hybridized carbons (Fsp3) is 0.562. The Bertz CT molecular complexity index is 454. The van der Waals surface area contributed by atoms with E-state index in [1.54, 1.807) is 12.1 Å². The van der Waals surface area contributed by atoms with Gasteiger partial charge in [-0.3, -0.25) is 4.79 Å². The molecule has 0 aliphatic carbocycles. The number of benzene rings is 1.